The third kappa shape index (κ3) is 5.47. The fourth-order valence-corrected chi connectivity index (χ4v) is 3.90. The van der Waals surface area contributed by atoms with Gasteiger partial charge in [0.05, 0.1) is 17.5 Å². The molecule has 0 aliphatic heterocycles. The highest BCUT2D eigenvalue weighted by Gasteiger charge is 2.21. The lowest BCUT2D eigenvalue weighted by Gasteiger charge is -2.19. The van der Waals surface area contributed by atoms with Crippen LogP contribution in [0.25, 0.3) is 11.4 Å². The summed E-state index contributed by atoms with van der Waals surface area (Å²) in [5.74, 6) is 1.32. The number of para-hydroxylation sites is 2. The van der Waals surface area contributed by atoms with Crippen LogP contribution in [0.15, 0.2) is 53.7 Å². The Kier molecular flexibility index (Phi) is 7.05. The van der Waals surface area contributed by atoms with Gasteiger partial charge in [-0.05, 0) is 37.0 Å². The standard InChI is InChI=1S/C24H30N4O2S/c1-7-30-20-11-9-8-10-19(20)25-22(29)16(2)31-23-27-26-21(28(23)6)17-12-14-18(15-13-17)24(3,4)5/h8-16H,7H2,1-6H3,(H,25,29). The molecule has 6 nitrogen and oxygen atoms in total. The average molecular weight is 439 g/mol. The zero-order valence-corrected chi connectivity index (χ0v) is 19.8. The zero-order valence-electron chi connectivity index (χ0n) is 19.0. The first kappa shape index (κ1) is 22.9. The van der Waals surface area contributed by atoms with E-state index < -0.39 is 0 Å². The molecule has 164 valence electrons. The third-order valence-corrected chi connectivity index (χ3v) is 6.07. The first-order valence-electron chi connectivity index (χ1n) is 10.4. The van der Waals surface area contributed by atoms with Gasteiger partial charge in [0, 0.05) is 12.6 Å². The molecule has 1 N–H and O–H groups in total. The molecule has 0 radical (unpaired) electrons. The molecule has 3 rings (SSSR count). The number of thioether (sulfide) groups is 1. The van der Waals surface area contributed by atoms with Gasteiger partial charge in [-0.1, -0.05) is 68.9 Å². The number of benzene rings is 2. The monoisotopic (exact) mass is 438 g/mol. The number of hydrogen-bond donors (Lipinski definition) is 1. The maximum Gasteiger partial charge on any atom is 0.237 e. The summed E-state index contributed by atoms with van der Waals surface area (Å²) in [5, 5.41) is 12.0. The molecule has 1 unspecified atom stereocenters. The van der Waals surface area contributed by atoms with E-state index in [0.717, 1.165) is 11.4 Å². The number of carbonyl (C=O) groups is 1. The molecule has 1 aromatic heterocycles. The van der Waals surface area contributed by atoms with E-state index in [1.54, 1.807) is 0 Å². The van der Waals surface area contributed by atoms with Gasteiger partial charge in [0.25, 0.3) is 0 Å². The summed E-state index contributed by atoms with van der Waals surface area (Å²) in [4.78, 5) is 12.7. The van der Waals surface area contributed by atoms with E-state index in [0.29, 0.717) is 23.2 Å². The number of nitrogens with zero attached hydrogens (tertiary/aromatic N) is 3. The molecule has 0 aliphatic carbocycles. The van der Waals surface area contributed by atoms with Crippen LogP contribution in [-0.4, -0.2) is 32.5 Å². The summed E-state index contributed by atoms with van der Waals surface area (Å²) in [7, 11) is 1.92. The van der Waals surface area contributed by atoms with Gasteiger partial charge in [-0.3, -0.25) is 4.79 Å². The molecule has 0 aliphatic rings. The highest BCUT2D eigenvalue weighted by Crippen LogP contribution is 2.29. The molecule has 2 aromatic carbocycles. The minimum atomic E-state index is -0.353. The quantitative estimate of drug-likeness (QED) is 0.507. The van der Waals surface area contributed by atoms with Gasteiger partial charge in [-0.15, -0.1) is 10.2 Å². The van der Waals surface area contributed by atoms with E-state index in [2.05, 4.69) is 60.6 Å². The van der Waals surface area contributed by atoms with Crippen LogP contribution in [0, 0.1) is 0 Å². The first-order chi connectivity index (χ1) is 14.7. The van der Waals surface area contributed by atoms with E-state index in [9.17, 15) is 4.79 Å². The van der Waals surface area contributed by atoms with Crippen LogP contribution in [0.4, 0.5) is 5.69 Å². The number of carbonyl (C=O) groups excluding carboxylic acids is 1. The summed E-state index contributed by atoms with van der Waals surface area (Å²) in [6.07, 6.45) is 0. The van der Waals surface area contributed by atoms with Gasteiger partial charge in [-0.25, -0.2) is 0 Å². The lowest BCUT2D eigenvalue weighted by Crippen LogP contribution is -2.23. The zero-order chi connectivity index (χ0) is 22.6. The second-order valence-electron chi connectivity index (χ2n) is 8.37. The Labute approximate surface area is 188 Å². The molecule has 31 heavy (non-hydrogen) atoms. The van der Waals surface area contributed by atoms with Crippen LogP contribution in [0.3, 0.4) is 0 Å². The van der Waals surface area contributed by atoms with Crippen molar-refractivity contribution in [1.29, 1.82) is 0 Å². The lowest BCUT2D eigenvalue weighted by molar-refractivity contribution is -0.115. The Balaban J connectivity index is 1.71. The Bertz CT molecular complexity index is 1040. The maximum absolute atomic E-state index is 12.7. The topological polar surface area (TPSA) is 69.0 Å². The molecule has 0 saturated carbocycles. The van der Waals surface area contributed by atoms with Crippen molar-refractivity contribution < 1.29 is 9.53 Å². The highest BCUT2D eigenvalue weighted by molar-refractivity contribution is 8.00. The Morgan fingerprint density at radius 3 is 2.45 bits per heavy atom. The second-order valence-corrected chi connectivity index (χ2v) is 9.68. The molecule has 7 heteroatoms. The van der Waals surface area contributed by atoms with Crippen LogP contribution in [0.1, 0.15) is 40.2 Å². The van der Waals surface area contributed by atoms with Crippen LogP contribution < -0.4 is 10.1 Å². The molecule has 1 amide bonds. The Hall–Kier alpha value is -2.80. The molecule has 1 atom stereocenters. The number of hydrogen-bond acceptors (Lipinski definition) is 5. The highest BCUT2D eigenvalue weighted by atomic mass is 32.2. The number of amides is 1. The minimum Gasteiger partial charge on any atom is -0.492 e. The molecular weight excluding hydrogens is 408 g/mol. The summed E-state index contributed by atoms with van der Waals surface area (Å²) < 4.78 is 7.51. The van der Waals surface area contributed by atoms with E-state index in [1.165, 1.54) is 17.3 Å². The summed E-state index contributed by atoms with van der Waals surface area (Å²) >= 11 is 1.38. The van der Waals surface area contributed by atoms with E-state index in [1.807, 2.05) is 49.7 Å². The maximum atomic E-state index is 12.7. The van der Waals surface area contributed by atoms with Crippen molar-refractivity contribution in [1.82, 2.24) is 14.8 Å². The van der Waals surface area contributed by atoms with Gasteiger partial charge >= 0.3 is 0 Å². The van der Waals surface area contributed by atoms with Crippen molar-refractivity contribution in [2.24, 2.45) is 7.05 Å². The predicted molar refractivity (Wildman–Crippen MR) is 127 cm³/mol. The van der Waals surface area contributed by atoms with Crippen LogP contribution in [0.5, 0.6) is 5.75 Å². The summed E-state index contributed by atoms with van der Waals surface area (Å²) in [5.41, 5.74) is 3.03. The Morgan fingerprint density at radius 1 is 1.13 bits per heavy atom. The Morgan fingerprint density at radius 2 is 1.81 bits per heavy atom. The van der Waals surface area contributed by atoms with Gasteiger partial charge in [-0.2, -0.15) is 0 Å². The van der Waals surface area contributed by atoms with Crippen molar-refractivity contribution in [3.63, 3.8) is 0 Å². The van der Waals surface area contributed by atoms with Crippen LogP contribution >= 0.6 is 11.8 Å². The lowest BCUT2D eigenvalue weighted by atomic mass is 9.87. The van der Waals surface area contributed by atoms with Crippen molar-refractivity contribution in [3.8, 4) is 17.1 Å². The largest absolute Gasteiger partial charge is 0.492 e. The number of anilines is 1. The van der Waals surface area contributed by atoms with Gasteiger partial charge in [0.2, 0.25) is 5.91 Å². The summed E-state index contributed by atoms with van der Waals surface area (Å²) in [6.45, 7) is 10.9. The number of rotatable bonds is 7. The fourth-order valence-electron chi connectivity index (χ4n) is 3.09. The minimum absolute atomic E-state index is 0.100. The molecule has 0 spiro atoms. The summed E-state index contributed by atoms with van der Waals surface area (Å²) in [6, 6.07) is 15.8. The molecule has 0 bridgehead atoms. The smallest absolute Gasteiger partial charge is 0.237 e. The predicted octanol–water partition coefficient (Wildman–Crippen LogP) is 5.30. The van der Waals surface area contributed by atoms with E-state index in [4.69, 9.17) is 4.74 Å². The molecule has 3 aromatic rings. The van der Waals surface area contributed by atoms with Crippen LogP contribution in [-0.2, 0) is 17.3 Å². The molecule has 0 saturated heterocycles. The molecular formula is C24H30N4O2S. The van der Waals surface area contributed by atoms with E-state index in [-0.39, 0.29) is 16.6 Å². The van der Waals surface area contributed by atoms with Crippen molar-refractivity contribution >= 4 is 23.4 Å². The van der Waals surface area contributed by atoms with Crippen molar-refractivity contribution in [3.05, 3.63) is 54.1 Å². The van der Waals surface area contributed by atoms with Gasteiger partial charge in [0.15, 0.2) is 11.0 Å². The molecule has 1 heterocycles. The van der Waals surface area contributed by atoms with Gasteiger partial charge in [0.1, 0.15) is 5.75 Å². The first-order valence-corrected chi connectivity index (χ1v) is 11.3. The van der Waals surface area contributed by atoms with Crippen molar-refractivity contribution in [2.45, 2.75) is 50.4 Å². The number of ether oxygens (including phenoxy) is 1. The number of aromatic nitrogens is 3. The average Bonchev–Trinajstić information content (AvgIpc) is 3.09. The van der Waals surface area contributed by atoms with E-state index >= 15 is 0 Å². The second kappa shape index (κ2) is 9.56. The number of nitrogens with one attached hydrogen (secondary N) is 1. The fraction of sp³-hybridized carbons (Fsp3) is 0.375. The van der Waals surface area contributed by atoms with Gasteiger partial charge < -0.3 is 14.6 Å². The SMILES string of the molecule is CCOc1ccccc1NC(=O)C(C)Sc1nnc(-c2ccc(C(C)(C)C)cc2)n1C. The third-order valence-electron chi connectivity index (χ3n) is 4.94. The van der Waals surface area contributed by atoms with Crippen molar-refractivity contribution in [2.75, 3.05) is 11.9 Å². The normalized spacial score (nSPS) is 12.5. The van der Waals surface area contributed by atoms with Crippen LogP contribution in [0.2, 0.25) is 0 Å². The molecule has 0 fully saturated rings.